The number of ether oxygens (including phenoxy) is 1. The minimum absolute atomic E-state index is 0.707. The molecule has 0 aliphatic heterocycles. The molecule has 20 heavy (non-hydrogen) atoms. The zero-order valence-electron chi connectivity index (χ0n) is 11.2. The molecule has 1 heterocycles. The zero-order valence-corrected chi connectivity index (χ0v) is 11.2. The Morgan fingerprint density at radius 3 is 2.45 bits per heavy atom. The molecule has 2 aromatic carbocycles. The van der Waals surface area contributed by atoms with Crippen molar-refractivity contribution in [2.75, 3.05) is 7.11 Å². The molecule has 4 nitrogen and oxygen atoms in total. The maximum Gasteiger partial charge on any atom is 0.181 e. The summed E-state index contributed by atoms with van der Waals surface area (Å²) in [5.41, 5.74) is 2.19. The van der Waals surface area contributed by atoms with Crippen molar-refractivity contribution in [3.05, 3.63) is 66.0 Å². The largest absolute Gasteiger partial charge is 0.497 e. The molecule has 0 saturated heterocycles. The summed E-state index contributed by atoms with van der Waals surface area (Å²) in [5.74, 6) is 2.40. The standard InChI is InChI=1S/C16H15N3O/c1-20-14-9-7-13(8-10-14)16-17-15(18-19-16)11-12-5-3-2-4-6-12/h2-10H,11H2,1H3,(H,17,18,19). The van der Waals surface area contributed by atoms with Crippen LogP contribution in [0, 0.1) is 0 Å². The minimum Gasteiger partial charge on any atom is -0.497 e. The predicted octanol–water partition coefficient (Wildman–Crippen LogP) is 3.07. The maximum atomic E-state index is 5.14. The molecule has 0 aliphatic rings. The summed E-state index contributed by atoms with van der Waals surface area (Å²) in [4.78, 5) is 4.52. The van der Waals surface area contributed by atoms with E-state index in [2.05, 4.69) is 27.3 Å². The van der Waals surface area contributed by atoms with E-state index in [4.69, 9.17) is 4.74 Å². The van der Waals surface area contributed by atoms with Crippen LogP contribution in [0.1, 0.15) is 11.4 Å². The van der Waals surface area contributed by atoms with Crippen LogP contribution in [0.3, 0.4) is 0 Å². The van der Waals surface area contributed by atoms with Gasteiger partial charge in [0.25, 0.3) is 0 Å². The summed E-state index contributed by atoms with van der Waals surface area (Å²) in [5, 5.41) is 7.25. The van der Waals surface area contributed by atoms with Crippen LogP contribution in [0.5, 0.6) is 5.75 Å². The first-order chi connectivity index (χ1) is 9.85. The van der Waals surface area contributed by atoms with E-state index in [1.165, 1.54) is 5.56 Å². The highest BCUT2D eigenvalue weighted by molar-refractivity contribution is 5.55. The summed E-state index contributed by atoms with van der Waals surface area (Å²) in [6.45, 7) is 0. The third-order valence-electron chi connectivity index (χ3n) is 3.09. The molecule has 0 aliphatic carbocycles. The molecule has 1 aromatic heterocycles. The molecule has 0 amide bonds. The molecule has 3 rings (SSSR count). The number of H-pyrrole nitrogens is 1. The normalized spacial score (nSPS) is 10.4. The van der Waals surface area contributed by atoms with Gasteiger partial charge in [0, 0.05) is 12.0 Å². The number of aromatic amines is 1. The van der Waals surface area contributed by atoms with Crippen molar-refractivity contribution in [1.82, 2.24) is 15.2 Å². The Labute approximate surface area is 117 Å². The van der Waals surface area contributed by atoms with Crippen molar-refractivity contribution in [3.8, 4) is 17.1 Å². The highest BCUT2D eigenvalue weighted by Gasteiger charge is 2.06. The van der Waals surface area contributed by atoms with E-state index >= 15 is 0 Å². The lowest BCUT2D eigenvalue weighted by atomic mass is 10.1. The molecule has 0 unspecified atom stereocenters. The summed E-state index contributed by atoms with van der Waals surface area (Å²) < 4.78 is 5.14. The number of methoxy groups -OCH3 is 1. The van der Waals surface area contributed by atoms with Crippen LogP contribution in [0.25, 0.3) is 11.4 Å². The van der Waals surface area contributed by atoms with Gasteiger partial charge in [0.15, 0.2) is 5.82 Å². The highest BCUT2D eigenvalue weighted by Crippen LogP contribution is 2.19. The number of aromatic nitrogens is 3. The highest BCUT2D eigenvalue weighted by atomic mass is 16.5. The Kier molecular flexibility index (Phi) is 3.46. The SMILES string of the molecule is COc1ccc(-c2n[nH]c(Cc3ccccc3)n2)cc1. The lowest BCUT2D eigenvalue weighted by Gasteiger charge is -1.99. The third-order valence-corrected chi connectivity index (χ3v) is 3.09. The van der Waals surface area contributed by atoms with Gasteiger partial charge in [0.05, 0.1) is 7.11 Å². The van der Waals surface area contributed by atoms with E-state index in [1.807, 2.05) is 42.5 Å². The van der Waals surface area contributed by atoms with Gasteiger partial charge in [-0.25, -0.2) is 4.98 Å². The molecule has 0 bridgehead atoms. The van der Waals surface area contributed by atoms with Crippen molar-refractivity contribution in [2.45, 2.75) is 6.42 Å². The second-order valence-electron chi connectivity index (χ2n) is 4.50. The first kappa shape index (κ1) is 12.4. The van der Waals surface area contributed by atoms with Crippen LogP contribution in [-0.2, 0) is 6.42 Å². The average molecular weight is 265 g/mol. The summed E-state index contributed by atoms with van der Waals surface area (Å²) >= 11 is 0. The smallest absolute Gasteiger partial charge is 0.181 e. The van der Waals surface area contributed by atoms with E-state index < -0.39 is 0 Å². The second-order valence-corrected chi connectivity index (χ2v) is 4.50. The number of benzene rings is 2. The number of hydrogen-bond donors (Lipinski definition) is 1. The molecule has 0 spiro atoms. The Bertz CT molecular complexity index is 674. The van der Waals surface area contributed by atoms with Crippen molar-refractivity contribution < 1.29 is 4.74 Å². The van der Waals surface area contributed by atoms with Crippen molar-refractivity contribution in [1.29, 1.82) is 0 Å². The lowest BCUT2D eigenvalue weighted by molar-refractivity contribution is 0.415. The number of nitrogens with zero attached hydrogens (tertiary/aromatic N) is 2. The third kappa shape index (κ3) is 2.69. The van der Waals surface area contributed by atoms with Gasteiger partial charge in [-0.1, -0.05) is 30.3 Å². The van der Waals surface area contributed by atoms with E-state index in [1.54, 1.807) is 7.11 Å². The summed E-state index contributed by atoms with van der Waals surface area (Å²) in [6, 6.07) is 17.9. The Hall–Kier alpha value is -2.62. The molecule has 0 radical (unpaired) electrons. The minimum atomic E-state index is 0.707. The molecule has 4 heteroatoms. The van der Waals surface area contributed by atoms with Gasteiger partial charge in [-0.05, 0) is 29.8 Å². The van der Waals surface area contributed by atoms with Crippen LogP contribution in [0.2, 0.25) is 0 Å². The van der Waals surface area contributed by atoms with Gasteiger partial charge in [-0.3, -0.25) is 5.10 Å². The van der Waals surface area contributed by atoms with Gasteiger partial charge >= 0.3 is 0 Å². The number of nitrogens with one attached hydrogen (secondary N) is 1. The number of hydrogen-bond acceptors (Lipinski definition) is 3. The fourth-order valence-electron chi connectivity index (χ4n) is 2.03. The topological polar surface area (TPSA) is 50.8 Å². The van der Waals surface area contributed by atoms with Crippen molar-refractivity contribution in [3.63, 3.8) is 0 Å². The quantitative estimate of drug-likeness (QED) is 0.788. The Balaban J connectivity index is 1.79. The molecule has 0 atom stereocenters. The van der Waals surface area contributed by atoms with Crippen molar-refractivity contribution in [2.24, 2.45) is 0 Å². The lowest BCUT2D eigenvalue weighted by Crippen LogP contribution is -1.90. The molecule has 0 saturated carbocycles. The van der Waals surface area contributed by atoms with Gasteiger partial charge in [0.2, 0.25) is 0 Å². The fourth-order valence-corrected chi connectivity index (χ4v) is 2.03. The molecular formula is C16H15N3O. The van der Waals surface area contributed by atoms with E-state index in [9.17, 15) is 0 Å². The van der Waals surface area contributed by atoms with Crippen molar-refractivity contribution >= 4 is 0 Å². The van der Waals surface area contributed by atoms with Crippen LogP contribution in [0.4, 0.5) is 0 Å². The van der Waals surface area contributed by atoms with Gasteiger partial charge in [0.1, 0.15) is 11.6 Å². The van der Waals surface area contributed by atoms with Crippen LogP contribution >= 0.6 is 0 Å². The molecule has 1 N–H and O–H groups in total. The van der Waals surface area contributed by atoms with Gasteiger partial charge in [-0.2, -0.15) is 5.10 Å². The molecule has 100 valence electrons. The Morgan fingerprint density at radius 2 is 1.75 bits per heavy atom. The fraction of sp³-hybridized carbons (Fsp3) is 0.125. The maximum absolute atomic E-state index is 5.14. The zero-order chi connectivity index (χ0) is 13.8. The van der Waals surface area contributed by atoms with E-state index in [0.29, 0.717) is 5.82 Å². The summed E-state index contributed by atoms with van der Waals surface area (Å²) in [6.07, 6.45) is 0.754. The van der Waals surface area contributed by atoms with Gasteiger partial charge < -0.3 is 4.74 Å². The second kappa shape index (κ2) is 5.57. The van der Waals surface area contributed by atoms with E-state index in [-0.39, 0.29) is 0 Å². The molecular weight excluding hydrogens is 250 g/mol. The predicted molar refractivity (Wildman–Crippen MR) is 77.6 cm³/mol. The van der Waals surface area contributed by atoms with Crippen LogP contribution < -0.4 is 4.74 Å². The van der Waals surface area contributed by atoms with Crippen LogP contribution in [0.15, 0.2) is 54.6 Å². The van der Waals surface area contributed by atoms with Gasteiger partial charge in [-0.15, -0.1) is 0 Å². The first-order valence-electron chi connectivity index (χ1n) is 6.45. The molecule has 3 aromatic rings. The average Bonchev–Trinajstić information content (AvgIpc) is 2.97. The molecule has 0 fully saturated rings. The van der Waals surface area contributed by atoms with E-state index in [0.717, 1.165) is 23.6 Å². The first-order valence-corrected chi connectivity index (χ1v) is 6.45. The summed E-state index contributed by atoms with van der Waals surface area (Å²) in [7, 11) is 1.65. The Morgan fingerprint density at radius 1 is 1.00 bits per heavy atom. The van der Waals surface area contributed by atoms with Crippen LogP contribution in [-0.4, -0.2) is 22.3 Å². The number of rotatable bonds is 4. The monoisotopic (exact) mass is 265 g/mol.